The zero-order valence-electron chi connectivity index (χ0n) is 39.7. The molecule has 346 valence electrons. The summed E-state index contributed by atoms with van der Waals surface area (Å²) >= 11 is 0. The first kappa shape index (κ1) is 57.3. The molecule has 0 spiro atoms. The third-order valence-corrected chi connectivity index (χ3v) is 10.7. The average molecular weight is 837 g/mol. The number of carbonyl (C=O) groups excluding carboxylic acids is 2. The van der Waals surface area contributed by atoms with Crippen LogP contribution < -0.4 is 0 Å². The van der Waals surface area contributed by atoms with E-state index >= 15 is 0 Å². The predicted octanol–water partition coefficient (Wildman–Crippen LogP) is 17.1. The van der Waals surface area contributed by atoms with Crippen LogP contribution in [-0.4, -0.2) is 37.9 Å². The number of rotatable bonds is 46. The van der Waals surface area contributed by atoms with E-state index in [1.54, 1.807) is 0 Å². The van der Waals surface area contributed by atoms with Gasteiger partial charge >= 0.3 is 11.9 Å². The van der Waals surface area contributed by atoms with Crippen molar-refractivity contribution in [3.8, 4) is 0 Å². The second-order valence-corrected chi connectivity index (χ2v) is 16.7. The molecule has 0 aromatic heterocycles. The summed E-state index contributed by atoms with van der Waals surface area (Å²) in [6.45, 7) is 7.62. The lowest BCUT2D eigenvalue weighted by Crippen LogP contribution is -2.30. The SMILES string of the molecule is CC/C=C\C/C=C\C/C=C\CCCCCCCC(=O)OCC(COCCCCCCCCCC/C=C\C/C=C\CCCCC)OC(=O)CCCCCCC/C=C\CCCC. The Morgan fingerprint density at radius 1 is 0.383 bits per heavy atom. The number of esters is 2. The summed E-state index contributed by atoms with van der Waals surface area (Å²) in [6, 6.07) is 0. The molecule has 0 rings (SSSR count). The van der Waals surface area contributed by atoms with E-state index in [9.17, 15) is 9.59 Å². The molecule has 0 saturated heterocycles. The molecule has 0 aliphatic rings. The minimum Gasteiger partial charge on any atom is -0.462 e. The number of carbonyl (C=O) groups is 2. The molecule has 1 unspecified atom stereocenters. The van der Waals surface area contributed by atoms with Crippen molar-refractivity contribution < 1.29 is 23.8 Å². The number of unbranched alkanes of at least 4 members (excludes halogenated alkanes) is 23. The Morgan fingerprint density at radius 3 is 1.27 bits per heavy atom. The molecule has 0 heterocycles. The summed E-state index contributed by atoms with van der Waals surface area (Å²) in [4.78, 5) is 25.3. The molecule has 0 bridgehead atoms. The molecule has 1 atom stereocenters. The summed E-state index contributed by atoms with van der Waals surface area (Å²) in [6.07, 6.45) is 64.8. The van der Waals surface area contributed by atoms with Crippen LogP contribution in [0.4, 0.5) is 0 Å². The van der Waals surface area contributed by atoms with E-state index in [1.165, 1.54) is 116 Å². The lowest BCUT2D eigenvalue weighted by molar-refractivity contribution is -0.163. The van der Waals surface area contributed by atoms with Crippen LogP contribution in [0.5, 0.6) is 0 Å². The highest BCUT2D eigenvalue weighted by atomic mass is 16.6. The molecule has 0 amide bonds. The van der Waals surface area contributed by atoms with Gasteiger partial charge in [-0.25, -0.2) is 0 Å². The minimum atomic E-state index is -0.552. The molecule has 5 nitrogen and oxygen atoms in total. The summed E-state index contributed by atoms with van der Waals surface area (Å²) in [5, 5.41) is 0. The summed E-state index contributed by atoms with van der Waals surface area (Å²) in [5.74, 6) is -0.430. The molecule has 0 aliphatic heterocycles. The van der Waals surface area contributed by atoms with Crippen LogP contribution in [0, 0.1) is 0 Å². The Morgan fingerprint density at radius 2 is 0.767 bits per heavy atom. The first-order chi connectivity index (χ1) is 29.6. The standard InChI is InChI=1S/C55H96O5/c1-4-7-10-13-16-19-22-24-26-27-28-30-32-35-38-41-44-47-50-58-51-53(60-55(57)49-46-43-40-37-33-21-18-15-12-9-6-3)52-59-54(56)48-45-42-39-36-34-31-29-25-23-20-17-14-11-8-5-2/h8,11,15-20,24-26,29,53H,4-7,9-10,12-14,21-23,27-28,30-52H2,1-3H3/b11-8-,18-15-,19-16-,20-17-,26-24-,29-25-. The van der Waals surface area contributed by atoms with Crippen molar-refractivity contribution in [2.45, 2.75) is 245 Å². The molecule has 0 aromatic carbocycles. The van der Waals surface area contributed by atoms with Crippen molar-refractivity contribution in [2.24, 2.45) is 0 Å². The maximum atomic E-state index is 12.8. The molecule has 0 radical (unpaired) electrons. The Balaban J connectivity index is 4.27. The quantitative estimate of drug-likeness (QED) is 0.0347. The fraction of sp³-hybridized carbons (Fsp3) is 0.745. The van der Waals surface area contributed by atoms with Gasteiger partial charge in [0.05, 0.1) is 6.61 Å². The predicted molar refractivity (Wildman–Crippen MR) is 260 cm³/mol. The van der Waals surface area contributed by atoms with E-state index in [-0.39, 0.29) is 25.2 Å². The van der Waals surface area contributed by atoms with Gasteiger partial charge in [0.25, 0.3) is 0 Å². The smallest absolute Gasteiger partial charge is 0.306 e. The highest BCUT2D eigenvalue weighted by Gasteiger charge is 2.17. The Labute approximate surface area is 372 Å². The summed E-state index contributed by atoms with van der Waals surface area (Å²) in [7, 11) is 0. The molecule has 0 saturated carbocycles. The normalized spacial score (nSPS) is 12.8. The minimum absolute atomic E-state index is 0.0687. The molecule has 0 aliphatic carbocycles. The van der Waals surface area contributed by atoms with Crippen molar-refractivity contribution in [1.29, 1.82) is 0 Å². The van der Waals surface area contributed by atoms with Crippen molar-refractivity contribution in [2.75, 3.05) is 19.8 Å². The van der Waals surface area contributed by atoms with Crippen LogP contribution in [0.2, 0.25) is 0 Å². The number of hydrogen-bond acceptors (Lipinski definition) is 5. The molecule has 0 aromatic rings. The van der Waals surface area contributed by atoms with Gasteiger partial charge in [-0.2, -0.15) is 0 Å². The summed E-state index contributed by atoms with van der Waals surface area (Å²) < 4.78 is 17.4. The van der Waals surface area contributed by atoms with Crippen LogP contribution in [0.15, 0.2) is 72.9 Å². The van der Waals surface area contributed by atoms with Crippen molar-refractivity contribution in [3.05, 3.63) is 72.9 Å². The molecule has 0 N–H and O–H groups in total. The van der Waals surface area contributed by atoms with Crippen molar-refractivity contribution in [3.63, 3.8) is 0 Å². The van der Waals surface area contributed by atoms with Crippen LogP contribution in [0.3, 0.4) is 0 Å². The number of ether oxygens (including phenoxy) is 3. The van der Waals surface area contributed by atoms with Gasteiger partial charge in [0.2, 0.25) is 0 Å². The van der Waals surface area contributed by atoms with Crippen LogP contribution in [-0.2, 0) is 23.8 Å². The third kappa shape index (κ3) is 48.0. The van der Waals surface area contributed by atoms with Crippen molar-refractivity contribution >= 4 is 11.9 Å². The van der Waals surface area contributed by atoms with Gasteiger partial charge in [-0.1, -0.05) is 196 Å². The van der Waals surface area contributed by atoms with Gasteiger partial charge in [-0.05, 0) is 103 Å². The molecule has 5 heteroatoms. The first-order valence-electron chi connectivity index (χ1n) is 25.5. The first-order valence-corrected chi connectivity index (χ1v) is 25.5. The Bertz CT molecular complexity index is 1080. The average Bonchev–Trinajstić information content (AvgIpc) is 3.25. The lowest BCUT2D eigenvalue weighted by atomic mass is 10.1. The molecule has 0 fully saturated rings. The zero-order chi connectivity index (χ0) is 43.5. The monoisotopic (exact) mass is 837 g/mol. The number of allylic oxidation sites excluding steroid dienone is 12. The third-order valence-electron chi connectivity index (χ3n) is 10.7. The van der Waals surface area contributed by atoms with E-state index in [0.29, 0.717) is 19.4 Å². The van der Waals surface area contributed by atoms with Crippen LogP contribution in [0.25, 0.3) is 0 Å². The van der Waals surface area contributed by atoms with Crippen molar-refractivity contribution in [1.82, 2.24) is 0 Å². The maximum Gasteiger partial charge on any atom is 0.306 e. The largest absolute Gasteiger partial charge is 0.462 e. The molecular weight excluding hydrogens is 741 g/mol. The van der Waals surface area contributed by atoms with E-state index in [1.807, 2.05) is 0 Å². The second-order valence-electron chi connectivity index (χ2n) is 16.7. The van der Waals surface area contributed by atoms with E-state index < -0.39 is 6.10 Å². The van der Waals surface area contributed by atoms with E-state index in [2.05, 4.69) is 93.7 Å². The highest BCUT2D eigenvalue weighted by molar-refractivity contribution is 5.70. The van der Waals surface area contributed by atoms with Gasteiger partial charge in [-0.15, -0.1) is 0 Å². The topological polar surface area (TPSA) is 61.8 Å². The Kier molecular flexibility index (Phi) is 48.4. The molecular formula is C55H96O5. The fourth-order valence-corrected chi connectivity index (χ4v) is 6.89. The van der Waals surface area contributed by atoms with Crippen LogP contribution >= 0.6 is 0 Å². The maximum absolute atomic E-state index is 12.8. The van der Waals surface area contributed by atoms with Crippen LogP contribution in [0.1, 0.15) is 239 Å². The van der Waals surface area contributed by atoms with Gasteiger partial charge in [0.15, 0.2) is 6.10 Å². The second kappa shape index (κ2) is 50.7. The zero-order valence-corrected chi connectivity index (χ0v) is 39.7. The highest BCUT2D eigenvalue weighted by Crippen LogP contribution is 2.13. The van der Waals surface area contributed by atoms with E-state index in [0.717, 1.165) is 89.9 Å². The van der Waals surface area contributed by atoms with Gasteiger partial charge in [0.1, 0.15) is 6.61 Å². The van der Waals surface area contributed by atoms with Gasteiger partial charge in [-0.3, -0.25) is 9.59 Å². The fourth-order valence-electron chi connectivity index (χ4n) is 6.89. The van der Waals surface area contributed by atoms with E-state index in [4.69, 9.17) is 14.2 Å². The Hall–Kier alpha value is -2.66. The lowest BCUT2D eigenvalue weighted by Gasteiger charge is -2.18. The van der Waals surface area contributed by atoms with Gasteiger partial charge in [0, 0.05) is 19.4 Å². The molecule has 60 heavy (non-hydrogen) atoms. The number of hydrogen-bond donors (Lipinski definition) is 0. The van der Waals surface area contributed by atoms with Gasteiger partial charge < -0.3 is 14.2 Å². The summed E-state index contributed by atoms with van der Waals surface area (Å²) in [5.41, 5.74) is 0.